The number of likely N-dealkylation sites (tertiary alicyclic amines) is 1. The lowest BCUT2D eigenvalue weighted by Gasteiger charge is -2.53. The zero-order valence-corrected chi connectivity index (χ0v) is 24.6. The summed E-state index contributed by atoms with van der Waals surface area (Å²) in [7, 11) is 3.29. The van der Waals surface area contributed by atoms with Gasteiger partial charge in [0.2, 0.25) is 5.91 Å². The second-order valence-electron chi connectivity index (χ2n) is 11.7. The van der Waals surface area contributed by atoms with Crippen LogP contribution in [0.5, 0.6) is 11.5 Å². The Hall–Kier alpha value is -4.09. The Bertz CT molecular complexity index is 1500. The van der Waals surface area contributed by atoms with Crippen LogP contribution < -0.4 is 9.47 Å². The van der Waals surface area contributed by atoms with Crippen LogP contribution in [0.15, 0.2) is 109 Å². The van der Waals surface area contributed by atoms with Gasteiger partial charge in [-0.25, -0.2) is 0 Å². The minimum absolute atomic E-state index is 0.0280. The highest BCUT2D eigenvalue weighted by molar-refractivity contribution is 5.84. The largest absolute Gasteiger partial charge is 0.496 e. The molecule has 1 amide bonds. The molecule has 216 valence electrons. The molecule has 2 fully saturated rings. The van der Waals surface area contributed by atoms with Crippen molar-refractivity contribution in [3.8, 4) is 11.5 Å². The average molecular weight is 562 g/mol. The van der Waals surface area contributed by atoms with Crippen molar-refractivity contribution in [2.75, 3.05) is 27.3 Å². The summed E-state index contributed by atoms with van der Waals surface area (Å²) in [6.07, 6.45) is 1.28. The molecule has 2 aliphatic rings. The van der Waals surface area contributed by atoms with Crippen molar-refractivity contribution in [1.82, 2.24) is 4.90 Å². The minimum Gasteiger partial charge on any atom is -0.496 e. The number of hydrogen-bond acceptors (Lipinski definition) is 4. The Labute approximate surface area is 248 Å². The highest BCUT2D eigenvalue weighted by Gasteiger charge is 2.61. The summed E-state index contributed by atoms with van der Waals surface area (Å²) in [5.41, 5.74) is 2.58. The molecule has 5 heteroatoms. The number of methoxy groups -OCH3 is 2. The smallest absolute Gasteiger partial charge is 0.229 e. The molecule has 1 saturated carbocycles. The van der Waals surface area contributed by atoms with Crippen LogP contribution in [-0.4, -0.2) is 43.2 Å². The summed E-state index contributed by atoms with van der Waals surface area (Å²) in [6, 6.07) is 36.8. The fourth-order valence-electron chi connectivity index (χ4n) is 7.85. The zero-order valence-electron chi connectivity index (χ0n) is 24.6. The van der Waals surface area contributed by atoms with Crippen molar-refractivity contribution in [3.63, 3.8) is 0 Å². The number of benzene rings is 4. The highest BCUT2D eigenvalue weighted by atomic mass is 16.5. The maximum atomic E-state index is 14.3. The quantitative estimate of drug-likeness (QED) is 0.278. The van der Waals surface area contributed by atoms with Gasteiger partial charge >= 0.3 is 0 Å². The van der Waals surface area contributed by atoms with E-state index in [0.717, 1.165) is 17.5 Å². The van der Waals surface area contributed by atoms with Gasteiger partial charge in [0, 0.05) is 35.5 Å². The number of fused-ring (bicyclic) bond motifs is 1. The molecule has 1 heterocycles. The van der Waals surface area contributed by atoms with Crippen molar-refractivity contribution in [2.24, 2.45) is 11.8 Å². The molecule has 6 rings (SSSR count). The van der Waals surface area contributed by atoms with Crippen molar-refractivity contribution >= 4 is 5.91 Å². The standard InChI is InChI=1S/C37H39NO4/c1-26(29-18-10-12-20-33(29)41-2)35(39)38-24-31-32(25-38)37(40,30-19-11-13-21-34(30)42-3)23-22-36(31,27-14-6-4-7-15-27)28-16-8-5-9-17-28/h4-21,26,31-32,40H,22-25H2,1-3H3/t26-,31+,32+,37+/m0/s1. The molecule has 1 aliphatic heterocycles. The zero-order chi connectivity index (χ0) is 29.3. The van der Waals surface area contributed by atoms with E-state index in [1.165, 1.54) is 11.1 Å². The molecule has 4 aromatic carbocycles. The molecule has 4 aromatic rings. The summed E-state index contributed by atoms with van der Waals surface area (Å²) in [5.74, 6) is 0.813. The lowest BCUT2D eigenvalue weighted by atomic mass is 9.52. The monoisotopic (exact) mass is 561 g/mol. The number of ether oxygens (including phenoxy) is 2. The summed E-state index contributed by atoms with van der Waals surface area (Å²) in [5, 5.41) is 12.8. The van der Waals surface area contributed by atoms with Gasteiger partial charge in [0.25, 0.3) is 0 Å². The van der Waals surface area contributed by atoms with E-state index in [0.29, 0.717) is 31.0 Å². The molecule has 0 radical (unpaired) electrons. The lowest BCUT2D eigenvalue weighted by molar-refractivity contribution is -0.132. The van der Waals surface area contributed by atoms with Gasteiger partial charge in [-0.05, 0) is 48.9 Å². The summed E-state index contributed by atoms with van der Waals surface area (Å²) >= 11 is 0. The van der Waals surface area contributed by atoms with Crippen molar-refractivity contribution in [1.29, 1.82) is 0 Å². The molecule has 0 spiro atoms. The molecule has 4 atom stereocenters. The van der Waals surface area contributed by atoms with Gasteiger partial charge in [0.05, 0.1) is 25.7 Å². The molecule has 0 unspecified atom stereocenters. The lowest BCUT2D eigenvalue weighted by Crippen LogP contribution is -2.53. The molecule has 42 heavy (non-hydrogen) atoms. The van der Waals surface area contributed by atoms with E-state index in [2.05, 4.69) is 48.5 Å². The Morgan fingerprint density at radius 1 is 0.738 bits per heavy atom. The molecule has 1 N–H and O–H groups in total. The fourth-order valence-corrected chi connectivity index (χ4v) is 7.85. The van der Waals surface area contributed by atoms with Gasteiger partial charge in [0.15, 0.2) is 0 Å². The van der Waals surface area contributed by atoms with E-state index in [1.807, 2.05) is 72.5 Å². The Balaban J connectivity index is 1.49. The summed E-state index contributed by atoms with van der Waals surface area (Å²) in [6.45, 7) is 2.96. The van der Waals surface area contributed by atoms with Gasteiger partial charge in [-0.1, -0.05) is 97.1 Å². The normalized spacial score (nSPS) is 23.6. The first-order chi connectivity index (χ1) is 20.4. The van der Waals surface area contributed by atoms with Gasteiger partial charge < -0.3 is 19.5 Å². The number of nitrogens with zero attached hydrogens (tertiary/aromatic N) is 1. The SMILES string of the molecule is COc1ccccc1[C@H](C)C(=O)N1C[C@@H]2[C@@H](C1)[C@](O)(c1ccccc1OC)CCC2(c1ccccc1)c1ccccc1. The average Bonchev–Trinajstić information content (AvgIpc) is 3.52. The number of aliphatic hydroxyl groups is 1. The topological polar surface area (TPSA) is 59.0 Å². The second kappa shape index (κ2) is 11.3. The Kier molecular flexibility index (Phi) is 7.54. The maximum Gasteiger partial charge on any atom is 0.229 e. The second-order valence-corrected chi connectivity index (χ2v) is 11.7. The van der Waals surface area contributed by atoms with Crippen LogP contribution in [0.2, 0.25) is 0 Å². The molecule has 1 saturated heterocycles. The van der Waals surface area contributed by atoms with Crippen LogP contribution >= 0.6 is 0 Å². The van der Waals surface area contributed by atoms with Crippen LogP contribution in [0.4, 0.5) is 0 Å². The van der Waals surface area contributed by atoms with E-state index < -0.39 is 5.60 Å². The number of rotatable bonds is 7. The molecule has 1 aliphatic carbocycles. The van der Waals surface area contributed by atoms with Crippen molar-refractivity contribution < 1.29 is 19.4 Å². The molecule has 0 aromatic heterocycles. The van der Waals surface area contributed by atoms with Crippen molar-refractivity contribution in [2.45, 2.75) is 36.7 Å². The number of amides is 1. The number of hydrogen-bond donors (Lipinski definition) is 1. The van der Waals surface area contributed by atoms with E-state index in [4.69, 9.17) is 9.47 Å². The number of para-hydroxylation sites is 2. The number of carbonyl (C=O) groups excluding carboxylic acids is 1. The Morgan fingerprint density at radius 2 is 1.26 bits per heavy atom. The third-order valence-electron chi connectivity index (χ3n) is 9.91. The van der Waals surface area contributed by atoms with Crippen LogP contribution in [0.25, 0.3) is 0 Å². The Morgan fingerprint density at radius 3 is 1.88 bits per heavy atom. The van der Waals surface area contributed by atoms with Crippen molar-refractivity contribution in [3.05, 3.63) is 131 Å². The van der Waals surface area contributed by atoms with E-state index >= 15 is 0 Å². The molecule has 5 nitrogen and oxygen atoms in total. The third-order valence-corrected chi connectivity index (χ3v) is 9.91. The third kappa shape index (κ3) is 4.47. The molecular formula is C37H39NO4. The predicted octanol–water partition coefficient (Wildman–Crippen LogP) is 6.55. The van der Waals surface area contributed by atoms with Gasteiger partial charge in [-0.15, -0.1) is 0 Å². The first kappa shape index (κ1) is 28.0. The van der Waals surface area contributed by atoms with E-state index in [1.54, 1.807) is 14.2 Å². The van der Waals surface area contributed by atoms with Crippen LogP contribution in [0, 0.1) is 11.8 Å². The molecule has 0 bridgehead atoms. The minimum atomic E-state index is -1.16. The number of carbonyl (C=O) groups is 1. The van der Waals surface area contributed by atoms with Crippen LogP contribution in [0.1, 0.15) is 47.9 Å². The summed E-state index contributed by atoms with van der Waals surface area (Å²) in [4.78, 5) is 16.3. The van der Waals surface area contributed by atoms with E-state index in [9.17, 15) is 9.90 Å². The predicted molar refractivity (Wildman–Crippen MR) is 165 cm³/mol. The maximum absolute atomic E-state index is 14.3. The highest BCUT2D eigenvalue weighted by Crippen LogP contribution is 2.60. The van der Waals surface area contributed by atoms with Gasteiger partial charge in [-0.3, -0.25) is 4.79 Å². The van der Waals surface area contributed by atoms with Crippen LogP contribution in [0.3, 0.4) is 0 Å². The first-order valence-corrected chi connectivity index (χ1v) is 14.8. The van der Waals surface area contributed by atoms with Gasteiger partial charge in [0.1, 0.15) is 11.5 Å². The van der Waals surface area contributed by atoms with Crippen LogP contribution in [-0.2, 0) is 15.8 Å². The van der Waals surface area contributed by atoms with E-state index in [-0.39, 0.29) is 29.1 Å². The molecular weight excluding hydrogens is 522 g/mol. The fraction of sp³-hybridized carbons (Fsp3) is 0.324. The first-order valence-electron chi connectivity index (χ1n) is 14.8. The van der Waals surface area contributed by atoms with Gasteiger partial charge in [-0.2, -0.15) is 0 Å². The summed E-state index contributed by atoms with van der Waals surface area (Å²) < 4.78 is 11.4.